The van der Waals surface area contributed by atoms with Crippen LogP contribution in [0.25, 0.3) is 11.0 Å². The summed E-state index contributed by atoms with van der Waals surface area (Å²) < 4.78 is 4.93. The van der Waals surface area contributed by atoms with Gasteiger partial charge in [0.2, 0.25) is 0 Å². The average Bonchev–Trinajstić information content (AvgIpc) is 2.48. The molecule has 0 saturated carbocycles. The Labute approximate surface area is 94.4 Å². The SMILES string of the molecule is O=C(O)Cc1noc2c(Cl)cc(Cl)cc12. The second-order valence-electron chi connectivity index (χ2n) is 2.96. The number of carboxylic acids is 1. The minimum Gasteiger partial charge on any atom is -0.481 e. The van der Waals surface area contributed by atoms with E-state index in [9.17, 15) is 4.79 Å². The van der Waals surface area contributed by atoms with Crippen LogP contribution in [0.2, 0.25) is 10.0 Å². The van der Waals surface area contributed by atoms with Gasteiger partial charge in [0.1, 0.15) is 5.69 Å². The monoisotopic (exact) mass is 245 g/mol. The molecule has 1 aromatic heterocycles. The fourth-order valence-corrected chi connectivity index (χ4v) is 1.82. The van der Waals surface area contributed by atoms with Crippen LogP contribution in [0.4, 0.5) is 0 Å². The van der Waals surface area contributed by atoms with Crippen molar-refractivity contribution in [1.29, 1.82) is 0 Å². The Balaban J connectivity index is 2.63. The highest BCUT2D eigenvalue weighted by Gasteiger charge is 2.14. The summed E-state index contributed by atoms with van der Waals surface area (Å²) >= 11 is 11.6. The maximum absolute atomic E-state index is 10.5. The molecule has 1 heterocycles. The van der Waals surface area contributed by atoms with Crippen molar-refractivity contribution in [1.82, 2.24) is 5.16 Å². The Morgan fingerprint density at radius 3 is 2.87 bits per heavy atom. The number of halogens is 2. The number of benzene rings is 1. The van der Waals surface area contributed by atoms with E-state index in [1.54, 1.807) is 6.07 Å². The molecule has 0 radical (unpaired) electrons. The van der Waals surface area contributed by atoms with Gasteiger partial charge in [-0.2, -0.15) is 0 Å². The van der Waals surface area contributed by atoms with Crippen molar-refractivity contribution >= 4 is 40.1 Å². The smallest absolute Gasteiger partial charge is 0.309 e. The normalized spacial score (nSPS) is 10.8. The second kappa shape index (κ2) is 3.72. The molecule has 0 amide bonds. The molecule has 0 fully saturated rings. The number of hydrogen-bond donors (Lipinski definition) is 1. The molecule has 1 aromatic carbocycles. The molecule has 0 bridgehead atoms. The maximum atomic E-state index is 10.5. The summed E-state index contributed by atoms with van der Waals surface area (Å²) in [6.07, 6.45) is -0.219. The minimum absolute atomic E-state index is 0.219. The van der Waals surface area contributed by atoms with Gasteiger partial charge in [0.25, 0.3) is 0 Å². The zero-order valence-electron chi connectivity index (χ0n) is 7.33. The van der Waals surface area contributed by atoms with Crippen LogP contribution in [0, 0.1) is 0 Å². The van der Waals surface area contributed by atoms with E-state index in [0.29, 0.717) is 26.7 Å². The summed E-state index contributed by atoms with van der Waals surface area (Å²) in [7, 11) is 0. The number of hydrogen-bond acceptors (Lipinski definition) is 3. The first kappa shape index (κ1) is 10.3. The van der Waals surface area contributed by atoms with E-state index >= 15 is 0 Å². The van der Waals surface area contributed by atoms with Crippen LogP contribution >= 0.6 is 23.2 Å². The molecule has 0 unspecified atom stereocenters. The van der Waals surface area contributed by atoms with E-state index in [0.717, 1.165) is 0 Å². The minimum atomic E-state index is -0.985. The van der Waals surface area contributed by atoms with E-state index < -0.39 is 5.97 Å². The van der Waals surface area contributed by atoms with Crippen LogP contribution in [0.15, 0.2) is 16.7 Å². The third-order valence-corrected chi connectivity index (χ3v) is 2.38. The van der Waals surface area contributed by atoms with Crippen LogP contribution in [0.1, 0.15) is 5.69 Å². The number of rotatable bonds is 2. The van der Waals surface area contributed by atoms with Crippen molar-refractivity contribution in [3.63, 3.8) is 0 Å². The van der Waals surface area contributed by atoms with Crippen LogP contribution in [-0.4, -0.2) is 16.2 Å². The standard InChI is InChI=1S/C9H5Cl2NO3/c10-4-1-5-7(3-8(13)14)12-15-9(5)6(11)2-4/h1-2H,3H2,(H,13,14). The van der Waals surface area contributed by atoms with Crippen LogP contribution in [0.3, 0.4) is 0 Å². The number of carbonyl (C=O) groups is 1. The lowest BCUT2D eigenvalue weighted by atomic mass is 10.2. The van der Waals surface area contributed by atoms with Crippen molar-refractivity contribution in [2.24, 2.45) is 0 Å². The molecule has 15 heavy (non-hydrogen) atoms. The molecular formula is C9H5Cl2NO3. The molecule has 0 atom stereocenters. The second-order valence-corrected chi connectivity index (χ2v) is 3.81. The quantitative estimate of drug-likeness (QED) is 0.884. The molecule has 0 aliphatic carbocycles. The van der Waals surface area contributed by atoms with E-state index in [-0.39, 0.29) is 6.42 Å². The maximum Gasteiger partial charge on any atom is 0.309 e. The predicted octanol–water partition coefficient (Wildman–Crippen LogP) is 2.76. The van der Waals surface area contributed by atoms with Gasteiger partial charge in [0.05, 0.1) is 11.4 Å². The fourth-order valence-electron chi connectivity index (χ4n) is 1.29. The topological polar surface area (TPSA) is 63.3 Å². The van der Waals surface area contributed by atoms with Gasteiger partial charge < -0.3 is 9.63 Å². The molecule has 0 spiro atoms. The summed E-state index contributed by atoms with van der Waals surface area (Å²) in [5, 5.41) is 13.6. The van der Waals surface area contributed by atoms with Crippen molar-refractivity contribution in [2.75, 3.05) is 0 Å². The van der Waals surface area contributed by atoms with Gasteiger partial charge >= 0.3 is 5.97 Å². The Morgan fingerprint density at radius 2 is 2.20 bits per heavy atom. The highest BCUT2D eigenvalue weighted by Crippen LogP contribution is 2.30. The van der Waals surface area contributed by atoms with Gasteiger partial charge in [-0.3, -0.25) is 4.79 Å². The van der Waals surface area contributed by atoms with Gasteiger partial charge in [0.15, 0.2) is 5.58 Å². The number of aliphatic carboxylic acids is 1. The molecule has 4 nitrogen and oxygen atoms in total. The molecule has 2 rings (SSSR count). The van der Waals surface area contributed by atoms with Crippen molar-refractivity contribution < 1.29 is 14.4 Å². The lowest BCUT2D eigenvalue weighted by Crippen LogP contribution is -2.00. The third-order valence-electron chi connectivity index (χ3n) is 1.89. The first-order chi connectivity index (χ1) is 7.08. The molecule has 6 heteroatoms. The number of fused-ring (bicyclic) bond motifs is 1. The van der Waals surface area contributed by atoms with E-state index in [4.69, 9.17) is 32.8 Å². The zero-order chi connectivity index (χ0) is 11.0. The molecule has 0 aliphatic heterocycles. The summed E-state index contributed by atoms with van der Waals surface area (Å²) in [6.45, 7) is 0. The Kier molecular flexibility index (Phi) is 2.54. The number of carboxylic acid groups (broad SMARTS) is 1. The summed E-state index contributed by atoms with van der Waals surface area (Å²) in [5.41, 5.74) is 0.680. The third kappa shape index (κ3) is 1.91. The molecule has 78 valence electrons. The van der Waals surface area contributed by atoms with Gasteiger partial charge in [-0.05, 0) is 12.1 Å². The highest BCUT2D eigenvalue weighted by molar-refractivity contribution is 6.38. The lowest BCUT2D eigenvalue weighted by Gasteiger charge is -1.94. The first-order valence-corrected chi connectivity index (χ1v) is 4.78. The molecule has 2 aromatic rings. The van der Waals surface area contributed by atoms with Crippen LogP contribution < -0.4 is 0 Å². The summed E-state index contributed by atoms with van der Waals surface area (Å²) in [5.74, 6) is -0.985. The molecule has 0 saturated heterocycles. The van der Waals surface area contributed by atoms with Crippen molar-refractivity contribution in [3.05, 3.63) is 27.9 Å². The first-order valence-electron chi connectivity index (χ1n) is 4.03. The lowest BCUT2D eigenvalue weighted by molar-refractivity contribution is -0.136. The Hall–Kier alpha value is -1.26. The summed E-state index contributed by atoms with van der Waals surface area (Å²) in [6, 6.07) is 3.10. The van der Waals surface area contributed by atoms with Gasteiger partial charge in [0, 0.05) is 10.4 Å². The molecule has 1 N–H and O–H groups in total. The summed E-state index contributed by atoms with van der Waals surface area (Å²) in [4.78, 5) is 10.5. The van der Waals surface area contributed by atoms with Crippen molar-refractivity contribution in [2.45, 2.75) is 6.42 Å². The predicted molar refractivity (Wildman–Crippen MR) is 55.4 cm³/mol. The number of nitrogens with zero attached hydrogens (tertiary/aromatic N) is 1. The Bertz CT molecular complexity index is 535. The van der Waals surface area contributed by atoms with E-state index in [1.807, 2.05) is 0 Å². The molecule has 0 aliphatic rings. The van der Waals surface area contributed by atoms with Gasteiger partial charge in [-0.25, -0.2) is 0 Å². The average molecular weight is 246 g/mol. The highest BCUT2D eigenvalue weighted by atomic mass is 35.5. The van der Waals surface area contributed by atoms with E-state index in [1.165, 1.54) is 6.07 Å². The van der Waals surface area contributed by atoms with Gasteiger partial charge in [-0.1, -0.05) is 28.4 Å². The zero-order valence-corrected chi connectivity index (χ0v) is 8.84. The van der Waals surface area contributed by atoms with Gasteiger partial charge in [-0.15, -0.1) is 0 Å². The van der Waals surface area contributed by atoms with Crippen LogP contribution in [-0.2, 0) is 11.2 Å². The fraction of sp³-hybridized carbons (Fsp3) is 0.111. The van der Waals surface area contributed by atoms with Crippen molar-refractivity contribution in [3.8, 4) is 0 Å². The largest absolute Gasteiger partial charge is 0.481 e. The van der Waals surface area contributed by atoms with E-state index in [2.05, 4.69) is 5.16 Å². The van der Waals surface area contributed by atoms with Crippen LogP contribution in [0.5, 0.6) is 0 Å². The molecular weight excluding hydrogens is 241 g/mol. The Morgan fingerprint density at radius 1 is 1.47 bits per heavy atom. The number of aromatic nitrogens is 1.